The Kier molecular flexibility index (Phi) is 7.22. The van der Waals surface area contributed by atoms with Crippen LogP contribution in [0.25, 0.3) is 10.2 Å². The number of fused-ring (bicyclic) bond motifs is 1. The number of rotatable bonds is 7. The summed E-state index contributed by atoms with van der Waals surface area (Å²) in [6.45, 7) is 4.13. The Morgan fingerprint density at radius 3 is 2.80 bits per heavy atom. The van der Waals surface area contributed by atoms with Gasteiger partial charge >= 0.3 is 5.97 Å². The number of carbonyl (C=O) groups excluding carboxylic acids is 2. The maximum atomic E-state index is 12.7. The van der Waals surface area contributed by atoms with Crippen molar-refractivity contribution in [1.82, 2.24) is 19.8 Å². The molecular formula is C20H28N4O5S. The predicted molar refractivity (Wildman–Crippen MR) is 114 cm³/mol. The van der Waals surface area contributed by atoms with Gasteiger partial charge in [0.1, 0.15) is 22.1 Å². The number of nitrogens with zero attached hydrogens (tertiary/aromatic N) is 3. The molecule has 10 heteroatoms. The number of nitrogens with one attached hydrogen (secondary N) is 1. The van der Waals surface area contributed by atoms with Gasteiger partial charge in [-0.25, -0.2) is 9.78 Å². The van der Waals surface area contributed by atoms with E-state index in [1.165, 1.54) is 7.11 Å². The fourth-order valence-corrected chi connectivity index (χ4v) is 4.81. The van der Waals surface area contributed by atoms with Gasteiger partial charge in [-0.15, -0.1) is 11.3 Å². The van der Waals surface area contributed by atoms with Gasteiger partial charge in [-0.1, -0.05) is 0 Å². The van der Waals surface area contributed by atoms with Crippen LogP contribution in [0.4, 0.5) is 0 Å². The smallest absolute Gasteiger partial charge is 0.348 e. The molecule has 0 radical (unpaired) electrons. The molecule has 1 fully saturated rings. The molecule has 164 valence electrons. The molecule has 2 aromatic rings. The normalized spacial score (nSPS) is 17.3. The lowest BCUT2D eigenvalue weighted by molar-refractivity contribution is -0.134. The zero-order valence-corrected chi connectivity index (χ0v) is 18.6. The van der Waals surface area contributed by atoms with Crippen LogP contribution in [0.3, 0.4) is 0 Å². The highest BCUT2D eigenvalue weighted by atomic mass is 32.1. The number of ether oxygens (including phenoxy) is 2. The third-order valence-electron chi connectivity index (χ3n) is 5.22. The Labute approximate surface area is 179 Å². The number of aromatic nitrogens is 2. The largest absolute Gasteiger partial charge is 0.459 e. The average Bonchev–Trinajstić information content (AvgIpc) is 3.04. The standard InChI is InChI=1S/C20H28N4O5S/c1-12-15-17(25)21-14(11-24-7-5-6-13(10-24)19(26)23(2)3)22-18(15)30-16(12)20(27)29-9-8-28-4/h13H,5-11H2,1-4H3,(H,21,22,25). The zero-order chi connectivity index (χ0) is 21.8. The molecule has 1 aliphatic heterocycles. The summed E-state index contributed by atoms with van der Waals surface area (Å²) in [6.07, 6.45) is 1.79. The van der Waals surface area contributed by atoms with Crippen molar-refractivity contribution in [2.24, 2.45) is 5.92 Å². The first-order chi connectivity index (χ1) is 14.3. The number of hydrogen-bond acceptors (Lipinski definition) is 8. The van der Waals surface area contributed by atoms with Crippen LogP contribution in [0.15, 0.2) is 4.79 Å². The summed E-state index contributed by atoms with van der Waals surface area (Å²) >= 11 is 1.16. The van der Waals surface area contributed by atoms with Gasteiger partial charge in [-0.3, -0.25) is 14.5 Å². The number of aryl methyl sites for hydroxylation is 1. The van der Waals surface area contributed by atoms with Crippen molar-refractivity contribution < 1.29 is 19.1 Å². The molecule has 0 aromatic carbocycles. The summed E-state index contributed by atoms with van der Waals surface area (Å²) in [5.74, 6) is 0.143. The van der Waals surface area contributed by atoms with E-state index in [1.54, 1.807) is 25.9 Å². The second kappa shape index (κ2) is 9.67. The molecule has 3 heterocycles. The SMILES string of the molecule is COCCOC(=O)c1sc2nc(CN3CCCC(C(=O)N(C)C)C3)[nH]c(=O)c2c1C. The number of methoxy groups -OCH3 is 1. The summed E-state index contributed by atoms with van der Waals surface area (Å²) in [7, 11) is 5.07. The van der Waals surface area contributed by atoms with E-state index in [9.17, 15) is 14.4 Å². The molecule has 1 aliphatic rings. The molecule has 0 spiro atoms. The van der Waals surface area contributed by atoms with Gasteiger partial charge in [-0.2, -0.15) is 0 Å². The lowest BCUT2D eigenvalue weighted by atomic mass is 9.97. The van der Waals surface area contributed by atoms with E-state index in [0.29, 0.717) is 46.2 Å². The number of H-pyrrole nitrogens is 1. The zero-order valence-electron chi connectivity index (χ0n) is 17.8. The van der Waals surface area contributed by atoms with Crippen LogP contribution in [0.1, 0.15) is 33.9 Å². The second-order valence-corrected chi connectivity index (χ2v) is 8.68. The first kappa shape index (κ1) is 22.4. The van der Waals surface area contributed by atoms with Crippen LogP contribution in [0, 0.1) is 12.8 Å². The fraction of sp³-hybridized carbons (Fsp3) is 0.600. The van der Waals surface area contributed by atoms with Gasteiger partial charge in [0.15, 0.2) is 0 Å². The highest BCUT2D eigenvalue weighted by Gasteiger charge is 2.27. The Hall–Kier alpha value is -2.30. The predicted octanol–water partition coefficient (Wildman–Crippen LogP) is 1.40. The molecule has 1 saturated heterocycles. The minimum Gasteiger partial charge on any atom is -0.459 e. The van der Waals surface area contributed by atoms with Gasteiger partial charge in [0.2, 0.25) is 5.91 Å². The summed E-state index contributed by atoms with van der Waals surface area (Å²) < 4.78 is 10.1. The minimum atomic E-state index is -0.477. The van der Waals surface area contributed by atoms with E-state index in [0.717, 1.165) is 30.7 Å². The molecule has 1 N–H and O–H groups in total. The van der Waals surface area contributed by atoms with Crippen LogP contribution in [0.2, 0.25) is 0 Å². The van der Waals surface area contributed by atoms with Crippen molar-refractivity contribution in [2.45, 2.75) is 26.3 Å². The van der Waals surface area contributed by atoms with Gasteiger partial charge in [-0.05, 0) is 31.9 Å². The Morgan fingerprint density at radius 2 is 2.10 bits per heavy atom. The number of esters is 1. The number of thiophene rings is 1. The van der Waals surface area contributed by atoms with E-state index in [2.05, 4.69) is 14.9 Å². The Balaban J connectivity index is 1.78. The molecule has 0 aliphatic carbocycles. The van der Waals surface area contributed by atoms with Crippen LogP contribution in [-0.2, 0) is 20.8 Å². The molecule has 3 rings (SSSR count). The maximum absolute atomic E-state index is 12.7. The Morgan fingerprint density at radius 1 is 1.33 bits per heavy atom. The molecule has 0 saturated carbocycles. The quantitative estimate of drug-likeness (QED) is 0.517. The molecule has 2 aromatic heterocycles. The van der Waals surface area contributed by atoms with E-state index in [1.807, 2.05) is 0 Å². The number of likely N-dealkylation sites (tertiary alicyclic amines) is 1. The summed E-state index contributed by atoms with van der Waals surface area (Å²) in [6, 6.07) is 0. The topological polar surface area (TPSA) is 105 Å². The number of amides is 1. The van der Waals surface area contributed by atoms with Gasteiger partial charge in [0.25, 0.3) is 5.56 Å². The van der Waals surface area contributed by atoms with Crippen LogP contribution >= 0.6 is 11.3 Å². The highest BCUT2D eigenvalue weighted by Crippen LogP contribution is 2.28. The lowest BCUT2D eigenvalue weighted by Crippen LogP contribution is -2.42. The number of carbonyl (C=O) groups is 2. The first-order valence-corrected chi connectivity index (χ1v) is 10.7. The summed E-state index contributed by atoms with van der Waals surface area (Å²) in [4.78, 5) is 49.4. The van der Waals surface area contributed by atoms with Crippen LogP contribution < -0.4 is 5.56 Å². The average molecular weight is 437 g/mol. The van der Waals surface area contributed by atoms with Crippen molar-refractivity contribution in [3.8, 4) is 0 Å². The maximum Gasteiger partial charge on any atom is 0.348 e. The van der Waals surface area contributed by atoms with Crippen molar-refractivity contribution in [1.29, 1.82) is 0 Å². The van der Waals surface area contributed by atoms with Crippen molar-refractivity contribution in [3.63, 3.8) is 0 Å². The van der Waals surface area contributed by atoms with Gasteiger partial charge < -0.3 is 19.4 Å². The van der Waals surface area contributed by atoms with Crippen LogP contribution in [0.5, 0.6) is 0 Å². The summed E-state index contributed by atoms with van der Waals surface area (Å²) in [5.41, 5.74) is 0.310. The third kappa shape index (κ3) is 4.88. The minimum absolute atomic E-state index is 0.0401. The fourth-order valence-electron chi connectivity index (χ4n) is 3.72. The Bertz CT molecular complexity index is 983. The van der Waals surface area contributed by atoms with E-state index in [4.69, 9.17) is 9.47 Å². The second-order valence-electron chi connectivity index (χ2n) is 7.68. The first-order valence-electron chi connectivity index (χ1n) is 9.93. The molecule has 9 nitrogen and oxygen atoms in total. The molecule has 1 amide bonds. The number of hydrogen-bond donors (Lipinski definition) is 1. The lowest BCUT2D eigenvalue weighted by Gasteiger charge is -2.32. The molecule has 30 heavy (non-hydrogen) atoms. The van der Waals surface area contributed by atoms with Crippen molar-refractivity contribution >= 4 is 33.4 Å². The van der Waals surface area contributed by atoms with Gasteiger partial charge in [0, 0.05) is 27.7 Å². The van der Waals surface area contributed by atoms with Crippen molar-refractivity contribution in [2.75, 3.05) is 47.5 Å². The van der Waals surface area contributed by atoms with E-state index in [-0.39, 0.29) is 24.0 Å². The molecule has 1 atom stereocenters. The highest BCUT2D eigenvalue weighted by molar-refractivity contribution is 7.20. The summed E-state index contributed by atoms with van der Waals surface area (Å²) in [5, 5.41) is 0.418. The van der Waals surface area contributed by atoms with E-state index < -0.39 is 5.97 Å². The van der Waals surface area contributed by atoms with Crippen LogP contribution in [-0.4, -0.2) is 79.2 Å². The monoisotopic (exact) mass is 436 g/mol. The van der Waals surface area contributed by atoms with E-state index >= 15 is 0 Å². The number of aromatic amines is 1. The molecule has 0 bridgehead atoms. The molecule has 1 unspecified atom stereocenters. The molecular weight excluding hydrogens is 408 g/mol. The van der Waals surface area contributed by atoms with Gasteiger partial charge in [0.05, 0.1) is 24.5 Å². The third-order valence-corrected chi connectivity index (χ3v) is 6.39. The number of piperidine rings is 1. The van der Waals surface area contributed by atoms with Crippen molar-refractivity contribution in [3.05, 3.63) is 26.6 Å².